The Hall–Kier alpha value is -0.660. The molecule has 0 amide bonds. The Labute approximate surface area is 85.3 Å². The van der Waals surface area contributed by atoms with E-state index in [9.17, 15) is 8.42 Å². The molecule has 0 radical (unpaired) electrons. The molecule has 0 spiro atoms. The van der Waals surface area contributed by atoms with Gasteiger partial charge in [0.05, 0.1) is 19.1 Å². The van der Waals surface area contributed by atoms with Gasteiger partial charge in [-0.2, -0.15) is 0 Å². The molecule has 1 aliphatic heterocycles. The molecule has 2 heterocycles. The van der Waals surface area contributed by atoms with Gasteiger partial charge >= 0.3 is 0 Å². The summed E-state index contributed by atoms with van der Waals surface area (Å²) in [6.45, 7) is 1.10. The van der Waals surface area contributed by atoms with E-state index in [4.69, 9.17) is 15.4 Å². The largest absolute Gasteiger partial charge is 0.380 e. The van der Waals surface area contributed by atoms with E-state index in [-0.39, 0.29) is 11.1 Å². The minimum absolute atomic E-state index is 0.125. The summed E-state index contributed by atoms with van der Waals surface area (Å²) in [6.07, 6.45) is 0. The Kier molecular flexibility index (Phi) is 2.24. The Morgan fingerprint density at radius 3 is 2.50 bits per heavy atom. The normalized spacial score (nSPS) is 18.1. The first kappa shape index (κ1) is 9.88. The standard InChI is InChI=1S/C6H8ClN3O3S/c1-10-5(4-2-13-3-4)8-9-6(10)14(7,11)12/h4H,2-3H2,1H3. The van der Waals surface area contributed by atoms with Crippen LogP contribution in [0.2, 0.25) is 0 Å². The number of aromatic nitrogens is 3. The number of nitrogens with zero attached hydrogens (tertiary/aromatic N) is 3. The van der Waals surface area contributed by atoms with Crippen LogP contribution >= 0.6 is 10.7 Å². The van der Waals surface area contributed by atoms with Gasteiger partial charge in [0.1, 0.15) is 5.82 Å². The molecule has 1 aromatic heterocycles. The van der Waals surface area contributed by atoms with Crippen molar-refractivity contribution >= 4 is 19.7 Å². The van der Waals surface area contributed by atoms with Crippen LogP contribution in [0.5, 0.6) is 0 Å². The molecule has 0 saturated carbocycles. The van der Waals surface area contributed by atoms with Crippen molar-refractivity contribution in [3.63, 3.8) is 0 Å². The van der Waals surface area contributed by atoms with E-state index in [2.05, 4.69) is 10.2 Å². The second-order valence-electron chi connectivity index (χ2n) is 3.07. The predicted molar refractivity (Wildman–Crippen MR) is 47.6 cm³/mol. The second kappa shape index (κ2) is 3.18. The average Bonchev–Trinajstić information content (AvgIpc) is 2.28. The van der Waals surface area contributed by atoms with E-state index in [0.717, 1.165) is 0 Å². The smallest absolute Gasteiger partial charge is 0.296 e. The lowest BCUT2D eigenvalue weighted by atomic mass is 10.1. The third-order valence-electron chi connectivity index (χ3n) is 2.09. The van der Waals surface area contributed by atoms with Gasteiger partial charge in [0.15, 0.2) is 0 Å². The van der Waals surface area contributed by atoms with Crippen molar-refractivity contribution in [2.24, 2.45) is 7.05 Å². The van der Waals surface area contributed by atoms with Crippen LogP contribution in [0.25, 0.3) is 0 Å². The van der Waals surface area contributed by atoms with Crippen molar-refractivity contribution in [2.75, 3.05) is 13.2 Å². The molecule has 0 unspecified atom stereocenters. The molecule has 6 nitrogen and oxygen atoms in total. The van der Waals surface area contributed by atoms with Crippen LogP contribution in [0.15, 0.2) is 5.16 Å². The molecule has 1 aliphatic rings. The number of hydrogen-bond donors (Lipinski definition) is 0. The first-order valence-electron chi connectivity index (χ1n) is 3.92. The van der Waals surface area contributed by atoms with Crippen molar-refractivity contribution in [1.82, 2.24) is 14.8 Å². The topological polar surface area (TPSA) is 74.1 Å². The summed E-state index contributed by atoms with van der Waals surface area (Å²) in [6, 6.07) is 0. The van der Waals surface area contributed by atoms with Crippen molar-refractivity contribution in [3.8, 4) is 0 Å². The molecule has 1 aromatic rings. The molecule has 0 bridgehead atoms. The quantitative estimate of drug-likeness (QED) is 0.669. The summed E-state index contributed by atoms with van der Waals surface area (Å²) in [5.41, 5.74) is 0. The summed E-state index contributed by atoms with van der Waals surface area (Å²) in [4.78, 5) is 0. The Bertz CT molecular complexity index is 451. The average molecular weight is 238 g/mol. The Morgan fingerprint density at radius 1 is 1.50 bits per heavy atom. The van der Waals surface area contributed by atoms with Crippen LogP contribution in [-0.4, -0.2) is 36.4 Å². The zero-order valence-electron chi connectivity index (χ0n) is 7.34. The maximum atomic E-state index is 11.0. The van der Waals surface area contributed by atoms with Gasteiger partial charge in [0.2, 0.25) is 0 Å². The van der Waals surface area contributed by atoms with E-state index < -0.39 is 9.05 Å². The van der Waals surface area contributed by atoms with Crippen LogP contribution < -0.4 is 0 Å². The molecule has 2 rings (SSSR count). The molecule has 8 heteroatoms. The van der Waals surface area contributed by atoms with Crippen molar-refractivity contribution in [1.29, 1.82) is 0 Å². The molecule has 0 N–H and O–H groups in total. The van der Waals surface area contributed by atoms with Crippen molar-refractivity contribution < 1.29 is 13.2 Å². The number of ether oxygens (including phenoxy) is 1. The zero-order valence-corrected chi connectivity index (χ0v) is 8.92. The van der Waals surface area contributed by atoms with Crippen LogP contribution in [0.4, 0.5) is 0 Å². The van der Waals surface area contributed by atoms with Gasteiger partial charge in [-0.3, -0.25) is 0 Å². The highest BCUT2D eigenvalue weighted by atomic mass is 35.7. The van der Waals surface area contributed by atoms with Gasteiger partial charge in [-0.15, -0.1) is 10.2 Å². The molecular weight excluding hydrogens is 230 g/mol. The van der Waals surface area contributed by atoms with Gasteiger partial charge in [0.25, 0.3) is 14.2 Å². The second-order valence-corrected chi connectivity index (χ2v) is 5.53. The van der Waals surface area contributed by atoms with Crippen molar-refractivity contribution in [2.45, 2.75) is 11.1 Å². The van der Waals surface area contributed by atoms with Gasteiger partial charge < -0.3 is 9.30 Å². The van der Waals surface area contributed by atoms with E-state index in [0.29, 0.717) is 19.0 Å². The van der Waals surface area contributed by atoms with E-state index in [1.165, 1.54) is 4.57 Å². The Morgan fingerprint density at radius 2 is 2.14 bits per heavy atom. The zero-order chi connectivity index (χ0) is 10.3. The number of hydrogen-bond acceptors (Lipinski definition) is 5. The molecule has 1 fully saturated rings. The Balaban J connectivity index is 2.42. The highest BCUT2D eigenvalue weighted by Crippen LogP contribution is 2.24. The maximum Gasteiger partial charge on any atom is 0.296 e. The summed E-state index contributed by atoms with van der Waals surface area (Å²) in [5.74, 6) is 0.718. The monoisotopic (exact) mass is 237 g/mol. The lowest BCUT2D eigenvalue weighted by Crippen LogP contribution is -2.28. The van der Waals surface area contributed by atoms with E-state index in [1.807, 2.05) is 0 Å². The lowest BCUT2D eigenvalue weighted by molar-refractivity contribution is 0.00348. The summed E-state index contributed by atoms with van der Waals surface area (Å²) >= 11 is 0. The predicted octanol–water partition coefficient (Wildman–Crippen LogP) is -0.144. The summed E-state index contributed by atoms with van der Waals surface area (Å²) in [5, 5.41) is 7.08. The van der Waals surface area contributed by atoms with Gasteiger partial charge in [-0.25, -0.2) is 8.42 Å². The maximum absolute atomic E-state index is 11.0. The fourth-order valence-corrected chi connectivity index (χ4v) is 2.24. The third kappa shape index (κ3) is 1.51. The highest BCUT2D eigenvalue weighted by molar-refractivity contribution is 8.13. The molecular formula is C6H8ClN3O3S. The fourth-order valence-electron chi connectivity index (χ4n) is 1.28. The molecule has 0 aromatic carbocycles. The van der Waals surface area contributed by atoms with Gasteiger partial charge in [-0.1, -0.05) is 0 Å². The SMILES string of the molecule is Cn1c(C2COC2)nnc1S(=O)(=O)Cl. The third-order valence-corrected chi connectivity index (χ3v) is 3.30. The van der Waals surface area contributed by atoms with Crippen molar-refractivity contribution in [3.05, 3.63) is 5.82 Å². The van der Waals surface area contributed by atoms with Crippen LogP contribution in [0.1, 0.15) is 11.7 Å². The first-order valence-corrected chi connectivity index (χ1v) is 6.23. The van der Waals surface area contributed by atoms with Gasteiger partial charge in [-0.05, 0) is 0 Å². The van der Waals surface area contributed by atoms with Crippen LogP contribution in [0.3, 0.4) is 0 Å². The summed E-state index contributed by atoms with van der Waals surface area (Å²) < 4.78 is 28.4. The molecule has 1 saturated heterocycles. The first-order chi connectivity index (χ1) is 6.50. The molecule has 0 aliphatic carbocycles. The number of halogens is 1. The minimum Gasteiger partial charge on any atom is -0.380 e. The van der Waals surface area contributed by atoms with Gasteiger partial charge in [0, 0.05) is 17.7 Å². The van der Waals surface area contributed by atoms with E-state index in [1.54, 1.807) is 7.05 Å². The number of rotatable bonds is 2. The van der Waals surface area contributed by atoms with Crippen LogP contribution in [0, 0.1) is 0 Å². The highest BCUT2D eigenvalue weighted by Gasteiger charge is 2.29. The molecule has 78 valence electrons. The van der Waals surface area contributed by atoms with Crippen LogP contribution in [-0.2, 0) is 20.8 Å². The molecule has 0 atom stereocenters. The fraction of sp³-hybridized carbons (Fsp3) is 0.667. The minimum atomic E-state index is -3.81. The lowest BCUT2D eigenvalue weighted by Gasteiger charge is -2.24. The molecule has 14 heavy (non-hydrogen) atoms. The summed E-state index contributed by atoms with van der Waals surface area (Å²) in [7, 11) is 2.92. The van der Waals surface area contributed by atoms with E-state index >= 15 is 0 Å².